The standard InChI is InChI=1S/C9H5F2NO6/c10-9(11)18-6-2-1-4(8(14)15)7(12(16)17)5(6)3-13/h1-3,9H,(H,14,15). The highest BCUT2D eigenvalue weighted by molar-refractivity contribution is 5.98. The predicted molar refractivity (Wildman–Crippen MR) is 52.1 cm³/mol. The number of carboxylic acids is 1. The summed E-state index contributed by atoms with van der Waals surface area (Å²) in [6.45, 7) is -3.29. The first-order valence-corrected chi connectivity index (χ1v) is 4.33. The fourth-order valence-corrected chi connectivity index (χ4v) is 1.27. The summed E-state index contributed by atoms with van der Waals surface area (Å²) in [4.78, 5) is 30.9. The number of aldehydes is 1. The summed E-state index contributed by atoms with van der Waals surface area (Å²) in [5.41, 5.74) is -2.72. The lowest BCUT2D eigenvalue weighted by molar-refractivity contribution is -0.385. The Bertz CT molecular complexity index is 516. The first kappa shape index (κ1) is 13.5. The Morgan fingerprint density at radius 2 is 2.11 bits per heavy atom. The molecule has 0 aromatic heterocycles. The maximum Gasteiger partial charge on any atom is 0.387 e. The number of hydrogen-bond acceptors (Lipinski definition) is 5. The van der Waals surface area contributed by atoms with Crippen LogP contribution in [0.2, 0.25) is 0 Å². The first-order valence-electron chi connectivity index (χ1n) is 4.33. The third-order valence-corrected chi connectivity index (χ3v) is 1.92. The zero-order chi connectivity index (χ0) is 13.9. The molecule has 0 aliphatic rings. The Morgan fingerprint density at radius 3 is 2.50 bits per heavy atom. The summed E-state index contributed by atoms with van der Waals surface area (Å²) < 4.78 is 27.9. The van der Waals surface area contributed by atoms with Gasteiger partial charge in [-0.1, -0.05) is 0 Å². The number of halogens is 2. The summed E-state index contributed by atoms with van der Waals surface area (Å²) >= 11 is 0. The predicted octanol–water partition coefficient (Wildman–Crippen LogP) is 1.71. The molecular formula is C9H5F2NO6. The molecule has 1 aromatic carbocycles. The Morgan fingerprint density at radius 1 is 1.50 bits per heavy atom. The van der Waals surface area contributed by atoms with E-state index >= 15 is 0 Å². The van der Waals surface area contributed by atoms with Crippen molar-refractivity contribution in [1.29, 1.82) is 0 Å². The minimum absolute atomic E-state index is 0.109. The summed E-state index contributed by atoms with van der Waals surface area (Å²) in [7, 11) is 0. The van der Waals surface area contributed by atoms with Gasteiger partial charge in [-0.05, 0) is 12.1 Å². The van der Waals surface area contributed by atoms with E-state index < -0.39 is 40.1 Å². The van der Waals surface area contributed by atoms with Gasteiger partial charge in [0.1, 0.15) is 16.9 Å². The highest BCUT2D eigenvalue weighted by Gasteiger charge is 2.28. The highest BCUT2D eigenvalue weighted by Crippen LogP contribution is 2.31. The number of hydrogen-bond donors (Lipinski definition) is 1. The van der Waals surface area contributed by atoms with Gasteiger partial charge in [0.2, 0.25) is 0 Å². The second-order valence-corrected chi connectivity index (χ2v) is 2.93. The third-order valence-electron chi connectivity index (χ3n) is 1.92. The molecule has 1 aromatic rings. The summed E-state index contributed by atoms with van der Waals surface area (Å²) in [6, 6.07) is 1.47. The van der Waals surface area contributed by atoms with E-state index in [1.54, 1.807) is 0 Å². The fraction of sp³-hybridized carbons (Fsp3) is 0.111. The Hall–Kier alpha value is -2.58. The van der Waals surface area contributed by atoms with Crippen LogP contribution in [0.3, 0.4) is 0 Å². The van der Waals surface area contributed by atoms with Crippen LogP contribution in [-0.4, -0.2) is 28.9 Å². The number of nitrogens with zero attached hydrogens (tertiary/aromatic N) is 1. The van der Waals surface area contributed by atoms with Crippen molar-refractivity contribution in [3.05, 3.63) is 33.4 Å². The molecule has 18 heavy (non-hydrogen) atoms. The van der Waals surface area contributed by atoms with E-state index in [0.717, 1.165) is 6.07 Å². The van der Waals surface area contributed by atoms with E-state index in [9.17, 15) is 28.5 Å². The molecule has 0 saturated carbocycles. The van der Waals surface area contributed by atoms with Crippen LogP contribution in [0.4, 0.5) is 14.5 Å². The Balaban J connectivity index is 3.52. The van der Waals surface area contributed by atoms with Gasteiger partial charge in [-0.25, -0.2) is 4.79 Å². The van der Waals surface area contributed by atoms with Gasteiger partial charge in [0.25, 0.3) is 5.69 Å². The highest BCUT2D eigenvalue weighted by atomic mass is 19.3. The smallest absolute Gasteiger partial charge is 0.387 e. The van der Waals surface area contributed by atoms with E-state index in [2.05, 4.69) is 4.74 Å². The van der Waals surface area contributed by atoms with E-state index in [-0.39, 0.29) is 6.29 Å². The molecule has 0 aliphatic heterocycles. The molecule has 0 unspecified atom stereocenters. The average Bonchev–Trinajstić information content (AvgIpc) is 2.26. The monoisotopic (exact) mass is 261 g/mol. The van der Waals surface area contributed by atoms with Crippen molar-refractivity contribution in [1.82, 2.24) is 0 Å². The number of aromatic carboxylic acids is 1. The van der Waals surface area contributed by atoms with Crippen LogP contribution in [0.25, 0.3) is 0 Å². The first-order chi connectivity index (χ1) is 8.38. The number of rotatable bonds is 5. The van der Waals surface area contributed by atoms with Crippen LogP contribution in [-0.2, 0) is 0 Å². The second kappa shape index (κ2) is 5.17. The molecule has 0 aliphatic carbocycles. The maximum atomic E-state index is 12.0. The lowest BCUT2D eigenvalue weighted by Crippen LogP contribution is -2.10. The maximum absolute atomic E-state index is 12.0. The van der Waals surface area contributed by atoms with E-state index in [1.165, 1.54) is 0 Å². The molecule has 1 N–H and O–H groups in total. The number of nitro groups is 1. The molecule has 0 radical (unpaired) electrons. The number of nitro benzene ring substituents is 1. The van der Waals surface area contributed by atoms with Crippen molar-refractivity contribution >= 4 is 17.9 Å². The van der Waals surface area contributed by atoms with E-state index in [4.69, 9.17) is 5.11 Å². The molecule has 7 nitrogen and oxygen atoms in total. The molecule has 0 spiro atoms. The second-order valence-electron chi connectivity index (χ2n) is 2.93. The number of alkyl halides is 2. The van der Waals surface area contributed by atoms with Gasteiger partial charge >= 0.3 is 12.6 Å². The topological polar surface area (TPSA) is 107 Å². The van der Waals surface area contributed by atoms with Crippen molar-refractivity contribution in [2.24, 2.45) is 0 Å². The van der Waals surface area contributed by atoms with Crippen molar-refractivity contribution in [3.8, 4) is 5.75 Å². The minimum atomic E-state index is -3.29. The fourth-order valence-electron chi connectivity index (χ4n) is 1.27. The summed E-state index contributed by atoms with van der Waals surface area (Å²) in [5, 5.41) is 19.4. The number of carbonyl (C=O) groups is 2. The van der Waals surface area contributed by atoms with E-state index in [0.29, 0.717) is 6.07 Å². The molecule has 0 fully saturated rings. The number of carboxylic acid groups (broad SMARTS) is 1. The SMILES string of the molecule is O=Cc1c(OC(F)F)ccc(C(=O)O)c1[N+](=O)[O-]. The largest absolute Gasteiger partial charge is 0.477 e. The zero-order valence-corrected chi connectivity index (χ0v) is 8.50. The lowest BCUT2D eigenvalue weighted by Gasteiger charge is -2.08. The lowest BCUT2D eigenvalue weighted by atomic mass is 10.1. The Kier molecular flexibility index (Phi) is 3.87. The molecule has 0 bridgehead atoms. The Labute approximate surface area is 97.7 Å². The van der Waals surface area contributed by atoms with Gasteiger partial charge in [0.15, 0.2) is 6.29 Å². The number of ether oxygens (including phenoxy) is 1. The van der Waals surface area contributed by atoms with Crippen LogP contribution in [0, 0.1) is 10.1 Å². The van der Waals surface area contributed by atoms with Crippen molar-refractivity contribution in [2.45, 2.75) is 6.61 Å². The van der Waals surface area contributed by atoms with Crippen LogP contribution >= 0.6 is 0 Å². The van der Waals surface area contributed by atoms with Gasteiger partial charge in [-0.3, -0.25) is 14.9 Å². The summed E-state index contributed by atoms with van der Waals surface area (Å²) in [6.07, 6.45) is -0.109. The molecular weight excluding hydrogens is 256 g/mol. The molecule has 0 saturated heterocycles. The normalized spacial score (nSPS) is 10.2. The van der Waals surface area contributed by atoms with Gasteiger partial charge in [0, 0.05) is 0 Å². The van der Waals surface area contributed by atoms with Gasteiger partial charge in [0.05, 0.1) is 4.92 Å². The van der Waals surface area contributed by atoms with Crippen molar-refractivity contribution in [3.63, 3.8) is 0 Å². The van der Waals surface area contributed by atoms with Crippen LogP contribution < -0.4 is 4.74 Å². The van der Waals surface area contributed by atoms with Gasteiger partial charge in [-0.2, -0.15) is 8.78 Å². The molecule has 9 heteroatoms. The van der Waals surface area contributed by atoms with Gasteiger partial charge < -0.3 is 9.84 Å². The quantitative estimate of drug-likeness (QED) is 0.491. The van der Waals surface area contributed by atoms with Crippen LogP contribution in [0.15, 0.2) is 12.1 Å². The average molecular weight is 261 g/mol. The van der Waals surface area contributed by atoms with Crippen LogP contribution in [0.1, 0.15) is 20.7 Å². The van der Waals surface area contributed by atoms with Crippen LogP contribution in [0.5, 0.6) is 5.75 Å². The van der Waals surface area contributed by atoms with Crippen molar-refractivity contribution < 1.29 is 33.1 Å². The zero-order valence-electron chi connectivity index (χ0n) is 8.50. The molecule has 0 amide bonds. The summed E-state index contributed by atoms with van der Waals surface area (Å²) in [5.74, 6) is -2.41. The number of benzene rings is 1. The van der Waals surface area contributed by atoms with E-state index in [1.807, 2.05) is 0 Å². The molecule has 1 rings (SSSR count). The molecule has 0 atom stereocenters. The third kappa shape index (κ3) is 2.56. The van der Waals surface area contributed by atoms with Gasteiger partial charge in [-0.15, -0.1) is 0 Å². The molecule has 0 heterocycles. The minimum Gasteiger partial charge on any atom is -0.477 e. The van der Waals surface area contributed by atoms with Crippen molar-refractivity contribution in [2.75, 3.05) is 0 Å². The molecule has 96 valence electrons. The number of carbonyl (C=O) groups excluding carboxylic acids is 1.